The van der Waals surface area contributed by atoms with E-state index < -0.39 is 0 Å². The van der Waals surface area contributed by atoms with Gasteiger partial charge in [-0.3, -0.25) is 4.79 Å². The van der Waals surface area contributed by atoms with Gasteiger partial charge in [0.05, 0.1) is 0 Å². The lowest BCUT2D eigenvalue weighted by Gasteiger charge is -2.08. The highest BCUT2D eigenvalue weighted by atomic mass is 16.4. The van der Waals surface area contributed by atoms with Gasteiger partial charge in [0, 0.05) is 28.5 Å². The molecule has 4 aromatic carbocycles. The third-order valence-corrected chi connectivity index (χ3v) is 7.20. The number of nitrogens with one attached hydrogen (secondary N) is 1. The highest BCUT2D eigenvalue weighted by Crippen LogP contribution is 2.40. The predicted octanol–water partition coefficient (Wildman–Crippen LogP) is 8.59. The standard InChI is InChI=1S/C36H30N2O2/c39-35(37-23-22-26-12-4-1-5-13-26)31-20-10-14-27(25-31)24-30-19-11-21-32(30)36-38-33(28-15-6-2-7-16-28)34(40-36)29-17-8-3-9-18-29/h1-10,12-18,20,22-23,25H,11,19,21,24H2,(H,37,39). The lowest BCUT2D eigenvalue weighted by molar-refractivity contribution is 0.0970. The second-order valence-electron chi connectivity index (χ2n) is 9.96. The van der Waals surface area contributed by atoms with Crippen molar-refractivity contribution in [2.24, 2.45) is 0 Å². The van der Waals surface area contributed by atoms with Crippen LogP contribution in [0.4, 0.5) is 0 Å². The molecular weight excluding hydrogens is 492 g/mol. The average molecular weight is 523 g/mol. The van der Waals surface area contributed by atoms with E-state index in [1.807, 2.05) is 91.0 Å². The monoisotopic (exact) mass is 522 g/mol. The third-order valence-electron chi connectivity index (χ3n) is 7.20. The van der Waals surface area contributed by atoms with Gasteiger partial charge in [0.25, 0.3) is 5.91 Å². The summed E-state index contributed by atoms with van der Waals surface area (Å²) in [6.07, 6.45) is 7.34. The van der Waals surface area contributed by atoms with E-state index in [0.717, 1.165) is 59.4 Å². The van der Waals surface area contributed by atoms with Crippen LogP contribution in [0.2, 0.25) is 0 Å². The SMILES string of the molecule is O=C(NC=Cc1ccccc1)c1cccc(CC2=C(c3nc(-c4ccccc4)c(-c4ccccc4)o3)CCC2)c1. The van der Waals surface area contributed by atoms with Crippen LogP contribution in [-0.2, 0) is 6.42 Å². The van der Waals surface area contributed by atoms with Gasteiger partial charge in [-0.2, -0.15) is 0 Å². The van der Waals surface area contributed by atoms with E-state index in [4.69, 9.17) is 9.40 Å². The minimum atomic E-state index is -0.123. The Morgan fingerprint density at radius 1 is 0.800 bits per heavy atom. The molecule has 0 bridgehead atoms. The third kappa shape index (κ3) is 5.71. The molecule has 1 amide bonds. The maximum atomic E-state index is 12.8. The fraction of sp³-hybridized carbons (Fsp3) is 0.111. The summed E-state index contributed by atoms with van der Waals surface area (Å²) in [4.78, 5) is 17.9. The molecule has 196 valence electrons. The van der Waals surface area contributed by atoms with Crippen LogP contribution in [0.5, 0.6) is 0 Å². The van der Waals surface area contributed by atoms with Gasteiger partial charge in [-0.15, -0.1) is 0 Å². The van der Waals surface area contributed by atoms with Crippen molar-refractivity contribution in [3.63, 3.8) is 0 Å². The molecular formula is C36H30N2O2. The summed E-state index contributed by atoms with van der Waals surface area (Å²) >= 11 is 0. The molecule has 0 atom stereocenters. The molecule has 6 rings (SSSR count). The van der Waals surface area contributed by atoms with Gasteiger partial charge < -0.3 is 9.73 Å². The molecule has 0 radical (unpaired) electrons. The predicted molar refractivity (Wildman–Crippen MR) is 161 cm³/mol. The van der Waals surface area contributed by atoms with Crippen molar-refractivity contribution < 1.29 is 9.21 Å². The zero-order chi connectivity index (χ0) is 27.1. The van der Waals surface area contributed by atoms with Crippen LogP contribution >= 0.6 is 0 Å². The van der Waals surface area contributed by atoms with Gasteiger partial charge in [-0.25, -0.2) is 4.98 Å². The van der Waals surface area contributed by atoms with Crippen LogP contribution in [0, 0.1) is 0 Å². The minimum Gasteiger partial charge on any atom is -0.436 e. The molecule has 0 fully saturated rings. The fourth-order valence-corrected chi connectivity index (χ4v) is 5.22. The van der Waals surface area contributed by atoms with Crippen molar-refractivity contribution in [2.75, 3.05) is 0 Å². The van der Waals surface area contributed by atoms with E-state index >= 15 is 0 Å². The van der Waals surface area contributed by atoms with Crippen LogP contribution in [0.15, 0.2) is 131 Å². The molecule has 0 spiro atoms. The number of allylic oxidation sites excluding steroid dienone is 2. The molecule has 0 saturated heterocycles. The van der Waals surface area contributed by atoms with Crippen LogP contribution in [0.25, 0.3) is 34.2 Å². The van der Waals surface area contributed by atoms with E-state index in [9.17, 15) is 4.79 Å². The molecule has 0 saturated carbocycles. The highest BCUT2D eigenvalue weighted by Gasteiger charge is 2.24. The number of hydrogen-bond acceptors (Lipinski definition) is 3. The van der Waals surface area contributed by atoms with Crippen molar-refractivity contribution in [3.8, 4) is 22.6 Å². The number of carbonyl (C=O) groups excluding carboxylic acids is 1. The first-order valence-electron chi connectivity index (χ1n) is 13.7. The molecule has 4 heteroatoms. The Labute approximate surface area is 234 Å². The average Bonchev–Trinajstić information content (AvgIpc) is 3.66. The maximum absolute atomic E-state index is 12.8. The zero-order valence-corrected chi connectivity index (χ0v) is 22.2. The summed E-state index contributed by atoms with van der Waals surface area (Å²) in [5.41, 5.74) is 8.20. The molecule has 0 aliphatic heterocycles. The number of amides is 1. The summed E-state index contributed by atoms with van der Waals surface area (Å²) in [5, 5.41) is 2.89. The Hall–Kier alpha value is -4.96. The second kappa shape index (κ2) is 11.8. The van der Waals surface area contributed by atoms with Crippen LogP contribution in [-0.4, -0.2) is 10.9 Å². The number of aromatic nitrogens is 1. The van der Waals surface area contributed by atoms with Crippen molar-refractivity contribution in [2.45, 2.75) is 25.7 Å². The summed E-state index contributed by atoms with van der Waals surface area (Å²) in [6, 6.07) is 38.2. The van der Waals surface area contributed by atoms with Crippen LogP contribution in [0.3, 0.4) is 0 Å². The summed E-state index contributed by atoms with van der Waals surface area (Å²) < 4.78 is 6.51. The molecule has 1 aromatic heterocycles. The number of oxazole rings is 1. The van der Waals surface area contributed by atoms with Crippen molar-refractivity contribution >= 4 is 17.6 Å². The topological polar surface area (TPSA) is 55.1 Å². The normalized spacial score (nSPS) is 13.2. The first kappa shape index (κ1) is 25.3. The summed E-state index contributed by atoms with van der Waals surface area (Å²) in [5.74, 6) is 1.37. The zero-order valence-electron chi connectivity index (χ0n) is 22.2. The number of rotatable bonds is 8. The lowest BCUT2D eigenvalue weighted by atomic mass is 10.00. The summed E-state index contributed by atoms with van der Waals surface area (Å²) in [7, 11) is 0. The molecule has 1 aliphatic rings. The number of nitrogens with zero attached hydrogens (tertiary/aromatic N) is 1. The molecule has 4 nitrogen and oxygen atoms in total. The first-order valence-corrected chi connectivity index (χ1v) is 13.7. The Morgan fingerprint density at radius 3 is 2.25 bits per heavy atom. The van der Waals surface area contributed by atoms with Crippen molar-refractivity contribution in [3.05, 3.63) is 150 Å². The lowest BCUT2D eigenvalue weighted by Crippen LogP contribution is -2.17. The Balaban J connectivity index is 1.26. The maximum Gasteiger partial charge on any atom is 0.255 e. The van der Waals surface area contributed by atoms with Gasteiger partial charge >= 0.3 is 0 Å². The molecule has 40 heavy (non-hydrogen) atoms. The van der Waals surface area contributed by atoms with Gasteiger partial charge in [0.1, 0.15) is 5.69 Å². The molecule has 1 heterocycles. The number of benzene rings is 4. The van der Waals surface area contributed by atoms with E-state index in [2.05, 4.69) is 35.6 Å². The van der Waals surface area contributed by atoms with E-state index in [1.54, 1.807) is 6.20 Å². The number of hydrogen-bond donors (Lipinski definition) is 1. The quantitative estimate of drug-likeness (QED) is 0.222. The van der Waals surface area contributed by atoms with Crippen LogP contribution in [0.1, 0.15) is 46.6 Å². The molecule has 0 unspecified atom stereocenters. The van der Waals surface area contributed by atoms with Crippen molar-refractivity contribution in [1.29, 1.82) is 0 Å². The summed E-state index contributed by atoms with van der Waals surface area (Å²) in [6.45, 7) is 0. The smallest absolute Gasteiger partial charge is 0.255 e. The van der Waals surface area contributed by atoms with Gasteiger partial charge in [-0.1, -0.05) is 109 Å². The fourth-order valence-electron chi connectivity index (χ4n) is 5.22. The van der Waals surface area contributed by atoms with E-state index in [1.165, 1.54) is 11.1 Å². The van der Waals surface area contributed by atoms with E-state index in [-0.39, 0.29) is 5.91 Å². The Morgan fingerprint density at radius 2 is 1.50 bits per heavy atom. The van der Waals surface area contributed by atoms with Crippen LogP contribution < -0.4 is 5.32 Å². The van der Waals surface area contributed by atoms with Gasteiger partial charge in [0.15, 0.2) is 5.76 Å². The first-order chi connectivity index (χ1) is 19.7. The molecule has 1 aliphatic carbocycles. The molecule has 5 aromatic rings. The Kier molecular flexibility index (Phi) is 7.49. The highest BCUT2D eigenvalue weighted by molar-refractivity contribution is 5.95. The molecule has 1 N–H and O–H groups in total. The van der Waals surface area contributed by atoms with E-state index in [0.29, 0.717) is 11.5 Å². The minimum absolute atomic E-state index is 0.123. The number of carbonyl (C=O) groups is 1. The Bertz CT molecular complexity index is 1610. The second-order valence-corrected chi connectivity index (χ2v) is 9.96. The van der Waals surface area contributed by atoms with Crippen molar-refractivity contribution in [1.82, 2.24) is 10.3 Å². The van der Waals surface area contributed by atoms with Gasteiger partial charge in [-0.05, 0) is 55.0 Å². The van der Waals surface area contributed by atoms with Gasteiger partial charge in [0.2, 0.25) is 5.89 Å². The largest absolute Gasteiger partial charge is 0.436 e.